The van der Waals surface area contributed by atoms with E-state index in [1.54, 1.807) is 20.8 Å². The molecule has 1 saturated heterocycles. The van der Waals surface area contributed by atoms with Crippen LogP contribution in [-0.4, -0.2) is 68.9 Å². The summed E-state index contributed by atoms with van der Waals surface area (Å²) >= 11 is 0. The average molecular weight is 546 g/mol. The highest BCUT2D eigenvalue weighted by molar-refractivity contribution is 5.94. The van der Waals surface area contributed by atoms with Crippen LogP contribution in [0.2, 0.25) is 0 Å². The van der Waals surface area contributed by atoms with E-state index >= 15 is 0 Å². The van der Waals surface area contributed by atoms with Crippen LogP contribution in [-0.2, 0) is 4.74 Å². The number of pyridine rings is 1. The Hall–Kier alpha value is -3.78. The number of hydrogen-bond donors (Lipinski definition) is 2. The largest absolute Gasteiger partial charge is 0.573 e. The van der Waals surface area contributed by atoms with Crippen LogP contribution in [0.1, 0.15) is 49.7 Å². The number of anilines is 2. The summed E-state index contributed by atoms with van der Waals surface area (Å²) in [4.78, 5) is 38.3. The number of halogens is 5. The van der Waals surface area contributed by atoms with Crippen molar-refractivity contribution in [2.45, 2.75) is 64.5 Å². The summed E-state index contributed by atoms with van der Waals surface area (Å²) in [7, 11) is 0. The number of aromatic nitrogens is 3. The molecular weight excluding hydrogens is 519 g/mol. The van der Waals surface area contributed by atoms with Gasteiger partial charge in [-0.3, -0.25) is 4.79 Å². The third-order valence-electron chi connectivity index (χ3n) is 5.21. The SMILES string of the molecule is Cc1cnc(Nc2cc(OC(F)(F)F)ccn2)nc1C(=O)N1CC(F)(F)CCC1CNC(=O)OC(C)(C)C. The number of nitrogens with one attached hydrogen (secondary N) is 2. The third-order valence-corrected chi connectivity index (χ3v) is 5.21. The van der Waals surface area contributed by atoms with Gasteiger partial charge >= 0.3 is 12.5 Å². The minimum absolute atomic E-state index is 0.0836. The maximum atomic E-state index is 14.3. The molecule has 15 heteroatoms. The van der Waals surface area contributed by atoms with Crippen molar-refractivity contribution in [3.8, 4) is 5.75 Å². The van der Waals surface area contributed by atoms with Gasteiger partial charge in [0, 0.05) is 31.4 Å². The summed E-state index contributed by atoms with van der Waals surface area (Å²) in [5.41, 5.74) is -0.700. The molecule has 0 aliphatic carbocycles. The normalized spacial score (nSPS) is 17.5. The second-order valence-electron chi connectivity index (χ2n) is 9.64. The molecule has 0 saturated carbocycles. The Kier molecular flexibility index (Phi) is 8.27. The molecule has 38 heavy (non-hydrogen) atoms. The van der Waals surface area contributed by atoms with Crippen molar-refractivity contribution < 1.29 is 41.0 Å². The molecule has 1 fully saturated rings. The van der Waals surface area contributed by atoms with Crippen LogP contribution in [0.3, 0.4) is 0 Å². The van der Waals surface area contributed by atoms with E-state index in [4.69, 9.17) is 4.74 Å². The predicted octanol–water partition coefficient (Wildman–Crippen LogP) is 4.59. The Labute approximate surface area is 214 Å². The van der Waals surface area contributed by atoms with Crippen LogP contribution in [0.25, 0.3) is 0 Å². The molecule has 1 aliphatic rings. The highest BCUT2D eigenvalue weighted by Gasteiger charge is 2.43. The summed E-state index contributed by atoms with van der Waals surface area (Å²) in [6.45, 7) is 5.49. The van der Waals surface area contributed by atoms with E-state index in [1.165, 1.54) is 13.1 Å². The van der Waals surface area contributed by atoms with Crippen molar-refractivity contribution in [1.82, 2.24) is 25.2 Å². The summed E-state index contributed by atoms with van der Waals surface area (Å²) in [5.74, 6) is -4.84. The van der Waals surface area contributed by atoms with Gasteiger partial charge in [-0.15, -0.1) is 13.2 Å². The molecule has 3 heterocycles. The van der Waals surface area contributed by atoms with Gasteiger partial charge in [0.15, 0.2) is 0 Å². The molecule has 0 aromatic carbocycles. The Morgan fingerprint density at radius 1 is 1.21 bits per heavy atom. The molecule has 2 aromatic heterocycles. The predicted molar refractivity (Wildman–Crippen MR) is 124 cm³/mol. The Bertz CT molecular complexity index is 1170. The van der Waals surface area contributed by atoms with Gasteiger partial charge < -0.3 is 25.0 Å². The quantitative estimate of drug-likeness (QED) is 0.506. The summed E-state index contributed by atoms with van der Waals surface area (Å²) in [6.07, 6.45) is -3.91. The molecule has 2 amide bonds. The molecule has 2 aromatic rings. The standard InChI is InChI=1S/C23H27F5N6O4/c1-13-10-30-19(32-16-9-15(6-8-29-16)37-23(26,27)28)33-17(13)18(35)34-12-22(24,25)7-5-14(34)11-31-20(36)38-21(2,3)4/h6,8-10,14H,5,7,11-12H2,1-4H3,(H,31,36)(H,29,30,32,33). The lowest BCUT2D eigenvalue weighted by Gasteiger charge is -2.39. The molecule has 0 bridgehead atoms. The lowest BCUT2D eigenvalue weighted by atomic mass is 9.98. The number of rotatable bonds is 6. The second kappa shape index (κ2) is 10.9. The lowest BCUT2D eigenvalue weighted by molar-refractivity contribution is -0.274. The van der Waals surface area contributed by atoms with Crippen molar-refractivity contribution in [3.05, 3.63) is 35.8 Å². The van der Waals surface area contributed by atoms with Crippen LogP contribution >= 0.6 is 0 Å². The van der Waals surface area contributed by atoms with E-state index in [1.807, 2.05) is 0 Å². The van der Waals surface area contributed by atoms with Crippen molar-refractivity contribution in [2.75, 3.05) is 18.4 Å². The first-order chi connectivity index (χ1) is 17.5. The Morgan fingerprint density at radius 3 is 2.58 bits per heavy atom. The summed E-state index contributed by atoms with van der Waals surface area (Å²) in [5, 5.41) is 5.08. The molecular formula is C23H27F5N6O4. The lowest BCUT2D eigenvalue weighted by Crippen LogP contribution is -2.55. The van der Waals surface area contributed by atoms with Gasteiger partial charge in [0.2, 0.25) is 5.95 Å². The molecule has 1 aliphatic heterocycles. The number of likely N-dealkylation sites (tertiary alicyclic amines) is 1. The van der Waals surface area contributed by atoms with Crippen LogP contribution < -0.4 is 15.4 Å². The van der Waals surface area contributed by atoms with Gasteiger partial charge in [-0.2, -0.15) is 0 Å². The minimum atomic E-state index is -4.91. The number of alkyl halides is 5. The zero-order valence-corrected chi connectivity index (χ0v) is 21.0. The molecule has 2 N–H and O–H groups in total. The van der Waals surface area contributed by atoms with E-state index < -0.39 is 54.6 Å². The van der Waals surface area contributed by atoms with Crippen molar-refractivity contribution in [1.29, 1.82) is 0 Å². The monoisotopic (exact) mass is 546 g/mol. The Balaban J connectivity index is 1.80. The second-order valence-corrected chi connectivity index (χ2v) is 9.64. The third kappa shape index (κ3) is 8.38. The van der Waals surface area contributed by atoms with Crippen LogP contribution in [0.4, 0.5) is 38.5 Å². The van der Waals surface area contributed by atoms with Gasteiger partial charge in [-0.1, -0.05) is 0 Å². The van der Waals surface area contributed by atoms with E-state index in [0.717, 1.165) is 23.2 Å². The number of hydrogen-bond acceptors (Lipinski definition) is 8. The molecule has 10 nitrogen and oxygen atoms in total. The first kappa shape index (κ1) is 28.8. The van der Waals surface area contributed by atoms with E-state index in [0.29, 0.717) is 0 Å². The fourth-order valence-corrected chi connectivity index (χ4v) is 3.60. The molecule has 0 radical (unpaired) electrons. The van der Waals surface area contributed by atoms with Crippen LogP contribution in [0.5, 0.6) is 5.75 Å². The van der Waals surface area contributed by atoms with Crippen LogP contribution in [0, 0.1) is 6.92 Å². The molecule has 1 atom stereocenters. The number of nitrogens with zero attached hydrogens (tertiary/aromatic N) is 4. The fourth-order valence-electron chi connectivity index (χ4n) is 3.60. The highest BCUT2D eigenvalue weighted by atomic mass is 19.4. The maximum absolute atomic E-state index is 14.3. The first-order valence-electron chi connectivity index (χ1n) is 11.5. The van der Waals surface area contributed by atoms with E-state index in [9.17, 15) is 31.5 Å². The number of piperidine rings is 1. The van der Waals surface area contributed by atoms with E-state index in [2.05, 4.69) is 30.3 Å². The molecule has 3 rings (SSSR count). The molecule has 1 unspecified atom stereocenters. The number of carbonyl (C=O) groups is 2. The number of ether oxygens (including phenoxy) is 2. The zero-order valence-electron chi connectivity index (χ0n) is 21.0. The van der Waals surface area contributed by atoms with Crippen molar-refractivity contribution in [3.63, 3.8) is 0 Å². The fraction of sp³-hybridized carbons (Fsp3) is 0.522. The van der Waals surface area contributed by atoms with Gasteiger partial charge in [-0.25, -0.2) is 28.5 Å². The number of aryl methyl sites for hydroxylation is 1. The minimum Gasteiger partial charge on any atom is -0.444 e. The van der Waals surface area contributed by atoms with Crippen molar-refractivity contribution in [2.24, 2.45) is 0 Å². The number of amides is 2. The van der Waals surface area contributed by atoms with Gasteiger partial charge in [-0.05, 0) is 45.7 Å². The smallest absolute Gasteiger partial charge is 0.444 e. The van der Waals surface area contributed by atoms with Gasteiger partial charge in [0.1, 0.15) is 22.9 Å². The van der Waals surface area contributed by atoms with Crippen LogP contribution in [0.15, 0.2) is 24.5 Å². The number of carbonyl (C=O) groups excluding carboxylic acids is 2. The molecule has 208 valence electrons. The van der Waals surface area contributed by atoms with Gasteiger partial charge in [0.25, 0.3) is 11.8 Å². The summed E-state index contributed by atoms with van der Waals surface area (Å²) < 4.78 is 75.1. The topological polar surface area (TPSA) is 119 Å². The zero-order chi connectivity index (χ0) is 28.3. The molecule has 0 spiro atoms. The average Bonchev–Trinajstić information content (AvgIpc) is 2.76. The number of alkyl carbamates (subject to hydrolysis) is 1. The maximum Gasteiger partial charge on any atom is 0.573 e. The van der Waals surface area contributed by atoms with E-state index in [-0.39, 0.29) is 36.0 Å². The first-order valence-corrected chi connectivity index (χ1v) is 11.5. The van der Waals surface area contributed by atoms with Crippen molar-refractivity contribution >= 4 is 23.8 Å². The highest BCUT2D eigenvalue weighted by Crippen LogP contribution is 2.31. The Morgan fingerprint density at radius 2 is 1.92 bits per heavy atom. The van der Waals surface area contributed by atoms with Gasteiger partial charge in [0.05, 0.1) is 12.6 Å². The summed E-state index contributed by atoms with van der Waals surface area (Å²) in [6, 6.07) is 1.17.